The Balaban J connectivity index is 2.25. The van der Waals surface area contributed by atoms with Gasteiger partial charge in [0, 0.05) is 11.1 Å². The van der Waals surface area contributed by atoms with E-state index in [4.69, 9.17) is 0 Å². The maximum Gasteiger partial charge on any atom is 0.187 e. The number of hydrogen-bond acceptors (Lipinski definition) is 2. The van der Waals surface area contributed by atoms with Gasteiger partial charge in [0.1, 0.15) is 0 Å². The largest absolute Gasteiger partial charge is 0.289 e. The molecule has 0 saturated carbocycles. The minimum Gasteiger partial charge on any atom is -0.289 e. The Labute approximate surface area is 123 Å². The van der Waals surface area contributed by atoms with E-state index in [0.29, 0.717) is 11.1 Å². The average molecular weight is 274 g/mol. The van der Waals surface area contributed by atoms with Gasteiger partial charge in [-0.05, 0) is 30.2 Å². The lowest BCUT2D eigenvalue weighted by Crippen LogP contribution is -2.13. The van der Waals surface area contributed by atoms with Crippen molar-refractivity contribution < 1.29 is 9.59 Å². The Kier molecular flexibility index (Phi) is 3.36. The molecule has 0 unspecified atom stereocenters. The lowest BCUT2D eigenvalue weighted by Gasteiger charge is -2.15. The summed E-state index contributed by atoms with van der Waals surface area (Å²) in [6.07, 6.45) is 2.70. The molecule has 2 nitrogen and oxygen atoms in total. The van der Waals surface area contributed by atoms with Crippen molar-refractivity contribution in [1.82, 2.24) is 0 Å². The monoisotopic (exact) mass is 274 g/mol. The molecule has 102 valence electrons. The maximum atomic E-state index is 12.3. The van der Waals surface area contributed by atoms with Crippen molar-refractivity contribution in [2.45, 2.75) is 6.92 Å². The van der Waals surface area contributed by atoms with Gasteiger partial charge in [-0.2, -0.15) is 0 Å². The molecule has 0 spiro atoms. The molecule has 0 radical (unpaired) electrons. The molecule has 2 aromatic rings. The van der Waals surface area contributed by atoms with Gasteiger partial charge in [-0.3, -0.25) is 9.59 Å². The molecule has 0 aromatic heterocycles. The first-order chi connectivity index (χ1) is 10.2. The molecule has 21 heavy (non-hydrogen) atoms. The summed E-state index contributed by atoms with van der Waals surface area (Å²) in [5.74, 6) is -0.256. The van der Waals surface area contributed by atoms with E-state index in [1.54, 1.807) is 0 Å². The van der Waals surface area contributed by atoms with Crippen molar-refractivity contribution in [3.8, 4) is 0 Å². The molecule has 0 fully saturated rings. The second-order valence-electron chi connectivity index (χ2n) is 5.04. The number of hydrogen-bond donors (Lipinski definition) is 0. The lowest BCUT2D eigenvalue weighted by molar-refractivity contribution is -0.112. The maximum absolute atomic E-state index is 12.3. The molecular formula is C19H14O2. The van der Waals surface area contributed by atoms with Gasteiger partial charge in [-0.1, -0.05) is 60.2 Å². The highest BCUT2D eigenvalue weighted by Gasteiger charge is 2.24. The Bertz CT molecular complexity index is 763. The van der Waals surface area contributed by atoms with Gasteiger partial charge in [0.05, 0.1) is 0 Å². The SMILES string of the molecule is Cc1ccc(C2=C(c3ccccc3)C(=O)C=CC2=O)cc1. The van der Waals surface area contributed by atoms with Crippen LogP contribution in [0.3, 0.4) is 0 Å². The minimum absolute atomic E-state index is 0.127. The topological polar surface area (TPSA) is 34.1 Å². The second kappa shape index (κ2) is 5.33. The van der Waals surface area contributed by atoms with Crippen LogP contribution in [0.15, 0.2) is 66.7 Å². The minimum atomic E-state index is -0.128. The quantitative estimate of drug-likeness (QED) is 0.784. The van der Waals surface area contributed by atoms with Gasteiger partial charge in [-0.15, -0.1) is 0 Å². The number of ketones is 2. The van der Waals surface area contributed by atoms with Gasteiger partial charge >= 0.3 is 0 Å². The van der Waals surface area contributed by atoms with Gasteiger partial charge in [0.15, 0.2) is 11.6 Å². The van der Waals surface area contributed by atoms with Crippen LogP contribution in [0.2, 0.25) is 0 Å². The predicted octanol–water partition coefficient (Wildman–Crippen LogP) is 3.61. The zero-order valence-electron chi connectivity index (χ0n) is 11.7. The Morgan fingerprint density at radius 2 is 1.10 bits per heavy atom. The normalized spacial score (nSPS) is 14.7. The van der Waals surface area contributed by atoms with Crippen molar-refractivity contribution in [2.24, 2.45) is 0 Å². The Morgan fingerprint density at radius 3 is 1.62 bits per heavy atom. The van der Waals surface area contributed by atoms with Crippen LogP contribution in [0.1, 0.15) is 16.7 Å². The van der Waals surface area contributed by atoms with Crippen LogP contribution in [0, 0.1) is 6.92 Å². The number of allylic oxidation sites excluding steroid dienone is 4. The summed E-state index contributed by atoms with van der Waals surface area (Å²) in [7, 11) is 0. The molecule has 0 N–H and O–H groups in total. The zero-order valence-corrected chi connectivity index (χ0v) is 11.7. The van der Waals surface area contributed by atoms with E-state index in [-0.39, 0.29) is 11.6 Å². The van der Waals surface area contributed by atoms with Gasteiger partial charge < -0.3 is 0 Å². The first-order valence-corrected chi connectivity index (χ1v) is 6.80. The van der Waals surface area contributed by atoms with E-state index in [1.807, 2.05) is 61.5 Å². The van der Waals surface area contributed by atoms with E-state index in [0.717, 1.165) is 16.7 Å². The summed E-state index contributed by atoms with van der Waals surface area (Å²) in [5, 5.41) is 0. The van der Waals surface area contributed by atoms with Crippen molar-refractivity contribution in [3.05, 3.63) is 83.4 Å². The van der Waals surface area contributed by atoms with E-state index < -0.39 is 0 Å². The third-order valence-electron chi connectivity index (χ3n) is 3.53. The third kappa shape index (κ3) is 2.48. The Morgan fingerprint density at radius 1 is 0.619 bits per heavy atom. The fraction of sp³-hybridized carbons (Fsp3) is 0.0526. The lowest BCUT2D eigenvalue weighted by atomic mass is 9.86. The van der Waals surface area contributed by atoms with Gasteiger partial charge in [0.2, 0.25) is 0 Å². The molecule has 0 saturated heterocycles. The highest BCUT2D eigenvalue weighted by molar-refractivity contribution is 6.48. The number of benzene rings is 2. The fourth-order valence-electron chi connectivity index (χ4n) is 2.46. The van der Waals surface area contributed by atoms with E-state index >= 15 is 0 Å². The zero-order chi connectivity index (χ0) is 14.8. The van der Waals surface area contributed by atoms with Crippen LogP contribution in [0.4, 0.5) is 0 Å². The van der Waals surface area contributed by atoms with Crippen molar-refractivity contribution in [1.29, 1.82) is 0 Å². The van der Waals surface area contributed by atoms with Crippen molar-refractivity contribution >= 4 is 22.7 Å². The molecule has 0 amide bonds. The van der Waals surface area contributed by atoms with Crippen LogP contribution in [-0.2, 0) is 9.59 Å². The van der Waals surface area contributed by atoms with Crippen molar-refractivity contribution in [3.63, 3.8) is 0 Å². The molecule has 0 atom stereocenters. The number of aryl methyl sites for hydroxylation is 1. The number of carbonyl (C=O) groups excluding carboxylic acids is 2. The first-order valence-electron chi connectivity index (χ1n) is 6.80. The summed E-state index contributed by atoms with van der Waals surface area (Å²) in [6.45, 7) is 1.99. The van der Waals surface area contributed by atoms with Crippen molar-refractivity contribution in [2.75, 3.05) is 0 Å². The molecule has 0 heterocycles. The van der Waals surface area contributed by atoms with Gasteiger partial charge in [-0.25, -0.2) is 0 Å². The van der Waals surface area contributed by atoms with Gasteiger partial charge in [0.25, 0.3) is 0 Å². The fourth-order valence-corrected chi connectivity index (χ4v) is 2.46. The summed E-state index contributed by atoms with van der Waals surface area (Å²) in [4.78, 5) is 24.6. The standard InChI is InChI=1S/C19H14O2/c1-13-7-9-15(10-8-13)19-17(21)12-11-16(20)18(19)14-5-3-2-4-6-14/h2-12H,1H3. The molecule has 2 aromatic carbocycles. The van der Waals surface area contributed by atoms with Crippen LogP contribution in [0.5, 0.6) is 0 Å². The highest BCUT2D eigenvalue weighted by atomic mass is 16.1. The summed E-state index contributed by atoms with van der Waals surface area (Å²) in [5.41, 5.74) is 3.63. The second-order valence-corrected chi connectivity index (χ2v) is 5.04. The Hall–Kier alpha value is -2.74. The first kappa shape index (κ1) is 13.3. The number of rotatable bonds is 2. The third-order valence-corrected chi connectivity index (χ3v) is 3.53. The molecule has 3 rings (SSSR count). The molecule has 0 bridgehead atoms. The number of carbonyl (C=O) groups is 2. The summed E-state index contributed by atoms with van der Waals surface area (Å²) >= 11 is 0. The molecule has 1 aliphatic carbocycles. The summed E-state index contributed by atoms with van der Waals surface area (Å²) in [6, 6.07) is 17.0. The van der Waals surface area contributed by atoms with Crippen LogP contribution in [0.25, 0.3) is 11.1 Å². The molecule has 1 aliphatic rings. The molecular weight excluding hydrogens is 260 g/mol. The molecule has 0 aliphatic heterocycles. The van der Waals surface area contributed by atoms with E-state index in [2.05, 4.69) is 0 Å². The van der Waals surface area contributed by atoms with Crippen LogP contribution in [-0.4, -0.2) is 11.6 Å². The average Bonchev–Trinajstić information content (AvgIpc) is 2.51. The molecule has 2 heteroatoms. The van der Waals surface area contributed by atoms with E-state index in [9.17, 15) is 9.59 Å². The van der Waals surface area contributed by atoms with Crippen LogP contribution >= 0.6 is 0 Å². The smallest absolute Gasteiger partial charge is 0.187 e. The predicted molar refractivity (Wildman–Crippen MR) is 83.6 cm³/mol. The van der Waals surface area contributed by atoms with Crippen LogP contribution < -0.4 is 0 Å². The highest BCUT2D eigenvalue weighted by Crippen LogP contribution is 2.31. The van der Waals surface area contributed by atoms with E-state index in [1.165, 1.54) is 12.2 Å². The summed E-state index contributed by atoms with van der Waals surface area (Å²) < 4.78 is 0.